The molecule has 0 fully saturated rings. The Kier molecular flexibility index (Phi) is 5.48. The van der Waals surface area contributed by atoms with Crippen LogP contribution in [0.1, 0.15) is 23.5 Å². The number of rotatable bonds is 6. The number of carbonyl (C=O) groups is 1. The molecular weight excluding hydrogens is 382 g/mol. The zero-order valence-corrected chi connectivity index (χ0v) is 17.1. The maximum atomic E-state index is 12.5. The molecule has 1 atom stereocenters. The van der Waals surface area contributed by atoms with Crippen molar-refractivity contribution in [3.05, 3.63) is 71.8 Å². The van der Waals surface area contributed by atoms with E-state index < -0.39 is 0 Å². The first-order chi connectivity index (χ1) is 14.6. The van der Waals surface area contributed by atoms with E-state index in [0.717, 1.165) is 16.9 Å². The normalized spacial score (nSPS) is 15.0. The Morgan fingerprint density at radius 2 is 1.57 bits per heavy atom. The van der Waals surface area contributed by atoms with E-state index in [-0.39, 0.29) is 18.2 Å². The van der Waals surface area contributed by atoms with Gasteiger partial charge in [0, 0.05) is 24.0 Å². The van der Waals surface area contributed by atoms with Crippen LogP contribution in [-0.2, 0) is 4.79 Å². The Balaban J connectivity index is 1.80. The van der Waals surface area contributed by atoms with E-state index in [2.05, 4.69) is 5.32 Å². The Morgan fingerprint density at radius 3 is 2.27 bits per heavy atom. The van der Waals surface area contributed by atoms with Crippen molar-refractivity contribution in [2.45, 2.75) is 12.3 Å². The lowest BCUT2D eigenvalue weighted by molar-refractivity contribution is -0.116. The van der Waals surface area contributed by atoms with Gasteiger partial charge in [-0.25, -0.2) is 0 Å². The van der Waals surface area contributed by atoms with E-state index in [0.29, 0.717) is 28.7 Å². The third-order valence-corrected chi connectivity index (χ3v) is 5.12. The quantitative estimate of drug-likeness (QED) is 0.627. The van der Waals surface area contributed by atoms with Gasteiger partial charge in [-0.3, -0.25) is 4.79 Å². The highest BCUT2D eigenvalue weighted by molar-refractivity contribution is 5.97. The van der Waals surface area contributed by atoms with Gasteiger partial charge < -0.3 is 24.3 Å². The minimum atomic E-state index is -0.220. The summed E-state index contributed by atoms with van der Waals surface area (Å²) in [5, 5.41) is 2.93. The third kappa shape index (κ3) is 3.64. The molecule has 0 spiro atoms. The first-order valence-electron chi connectivity index (χ1n) is 9.60. The average molecular weight is 405 g/mol. The summed E-state index contributed by atoms with van der Waals surface area (Å²) < 4.78 is 22.7. The number of carbonyl (C=O) groups excluding carboxylic acids is 1. The van der Waals surface area contributed by atoms with Crippen LogP contribution in [0.15, 0.2) is 60.7 Å². The highest BCUT2D eigenvalue weighted by atomic mass is 16.5. The molecule has 0 aliphatic carbocycles. The van der Waals surface area contributed by atoms with Gasteiger partial charge in [0.1, 0.15) is 11.5 Å². The van der Waals surface area contributed by atoms with Gasteiger partial charge in [-0.1, -0.05) is 30.3 Å². The van der Waals surface area contributed by atoms with E-state index in [1.165, 1.54) is 0 Å². The number of amides is 1. The van der Waals surface area contributed by atoms with Crippen molar-refractivity contribution in [1.29, 1.82) is 0 Å². The van der Waals surface area contributed by atoms with Gasteiger partial charge in [-0.15, -0.1) is 0 Å². The molecule has 0 aromatic heterocycles. The van der Waals surface area contributed by atoms with Crippen LogP contribution in [0.5, 0.6) is 28.7 Å². The van der Waals surface area contributed by atoms with Crippen LogP contribution in [0.25, 0.3) is 0 Å². The van der Waals surface area contributed by atoms with E-state index in [1.54, 1.807) is 27.4 Å². The van der Waals surface area contributed by atoms with Crippen molar-refractivity contribution >= 4 is 11.6 Å². The number of para-hydroxylation sites is 1. The minimum absolute atomic E-state index is 0.0730. The van der Waals surface area contributed by atoms with Gasteiger partial charge in [-0.05, 0) is 29.8 Å². The van der Waals surface area contributed by atoms with Crippen LogP contribution >= 0.6 is 0 Å². The monoisotopic (exact) mass is 405 g/mol. The Labute approximate surface area is 175 Å². The summed E-state index contributed by atoms with van der Waals surface area (Å²) in [4.78, 5) is 12.5. The second kappa shape index (κ2) is 8.37. The summed E-state index contributed by atoms with van der Waals surface area (Å²) in [6, 6.07) is 19.1. The zero-order valence-electron chi connectivity index (χ0n) is 17.1. The fraction of sp³-hybridized carbons (Fsp3) is 0.208. The molecule has 0 bridgehead atoms. The van der Waals surface area contributed by atoms with Crippen LogP contribution in [0.2, 0.25) is 0 Å². The first-order valence-corrected chi connectivity index (χ1v) is 9.60. The molecule has 154 valence electrons. The molecule has 1 N–H and O–H groups in total. The number of methoxy groups -OCH3 is 3. The number of hydrogen-bond acceptors (Lipinski definition) is 5. The van der Waals surface area contributed by atoms with Gasteiger partial charge in [0.2, 0.25) is 11.7 Å². The van der Waals surface area contributed by atoms with Crippen molar-refractivity contribution in [2.75, 3.05) is 26.6 Å². The number of benzene rings is 3. The first kappa shape index (κ1) is 19.6. The van der Waals surface area contributed by atoms with Crippen molar-refractivity contribution in [3.8, 4) is 28.7 Å². The minimum Gasteiger partial charge on any atom is -0.493 e. The SMILES string of the molecule is COc1cc2c(c(OC)c1OC)[C@@H](c1cccc(Oc3ccccc3)c1)CC(=O)N2. The van der Waals surface area contributed by atoms with Crippen LogP contribution in [-0.4, -0.2) is 27.2 Å². The maximum Gasteiger partial charge on any atom is 0.225 e. The highest BCUT2D eigenvalue weighted by Gasteiger charge is 2.33. The molecule has 1 heterocycles. The molecule has 30 heavy (non-hydrogen) atoms. The maximum absolute atomic E-state index is 12.5. The Bertz CT molecular complexity index is 1060. The van der Waals surface area contributed by atoms with Crippen LogP contribution < -0.4 is 24.3 Å². The topological polar surface area (TPSA) is 66.0 Å². The summed E-state index contributed by atoms with van der Waals surface area (Å²) in [6.45, 7) is 0. The largest absolute Gasteiger partial charge is 0.493 e. The molecule has 1 aliphatic heterocycles. The molecule has 3 aromatic rings. The molecule has 0 saturated carbocycles. The lowest BCUT2D eigenvalue weighted by atomic mass is 9.83. The summed E-state index contributed by atoms with van der Waals surface area (Å²) in [6.07, 6.45) is 0.285. The van der Waals surface area contributed by atoms with Crippen LogP contribution in [0, 0.1) is 0 Å². The standard InChI is InChI=1S/C24H23NO5/c1-27-20-14-19-22(24(29-3)23(20)28-2)18(13-21(26)25-19)15-8-7-11-17(12-15)30-16-9-5-4-6-10-16/h4-12,14,18H,13H2,1-3H3,(H,25,26)/t18-/m1/s1. The van der Waals surface area contributed by atoms with Gasteiger partial charge in [0.25, 0.3) is 0 Å². The van der Waals surface area contributed by atoms with Gasteiger partial charge >= 0.3 is 0 Å². The van der Waals surface area contributed by atoms with E-state index in [1.807, 2.05) is 54.6 Å². The fourth-order valence-corrected chi connectivity index (χ4v) is 3.82. The second-order valence-corrected chi connectivity index (χ2v) is 6.90. The van der Waals surface area contributed by atoms with E-state index in [4.69, 9.17) is 18.9 Å². The van der Waals surface area contributed by atoms with Crippen molar-refractivity contribution in [2.24, 2.45) is 0 Å². The van der Waals surface area contributed by atoms with Gasteiger partial charge in [0.05, 0.1) is 27.0 Å². The molecule has 0 saturated heterocycles. The Hall–Kier alpha value is -3.67. The number of hydrogen-bond donors (Lipinski definition) is 1. The third-order valence-electron chi connectivity index (χ3n) is 5.12. The van der Waals surface area contributed by atoms with Crippen molar-refractivity contribution < 1.29 is 23.7 Å². The van der Waals surface area contributed by atoms with Gasteiger partial charge in [0.15, 0.2) is 11.5 Å². The highest BCUT2D eigenvalue weighted by Crippen LogP contribution is 2.51. The summed E-state index contributed by atoms with van der Waals surface area (Å²) in [5.74, 6) is 2.70. The summed E-state index contributed by atoms with van der Waals surface area (Å²) in [7, 11) is 4.70. The molecule has 3 aromatic carbocycles. The smallest absolute Gasteiger partial charge is 0.225 e. The van der Waals surface area contributed by atoms with Crippen molar-refractivity contribution in [3.63, 3.8) is 0 Å². The molecule has 1 amide bonds. The molecule has 1 aliphatic rings. The summed E-state index contributed by atoms with van der Waals surface area (Å²) in [5.41, 5.74) is 2.46. The average Bonchev–Trinajstić information content (AvgIpc) is 2.77. The number of fused-ring (bicyclic) bond motifs is 1. The summed E-state index contributed by atoms with van der Waals surface area (Å²) >= 11 is 0. The van der Waals surface area contributed by atoms with E-state index in [9.17, 15) is 4.79 Å². The second-order valence-electron chi connectivity index (χ2n) is 6.90. The lowest BCUT2D eigenvalue weighted by Gasteiger charge is -2.29. The number of nitrogens with one attached hydrogen (secondary N) is 1. The fourth-order valence-electron chi connectivity index (χ4n) is 3.82. The predicted octanol–water partition coefficient (Wildman–Crippen LogP) is 4.98. The molecule has 0 unspecified atom stereocenters. The molecule has 6 nitrogen and oxygen atoms in total. The van der Waals surface area contributed by atoms with Gasteiger partial charge in [-0.2, -0.15) is 0 Å². The molecule has 0 radical (unpaired) electrons. The molecule has 4 rings (SSSR count). The molecular formula is C24H23NO5. The zero-order chi connectivity index (χ0) is 21.1. The predicted molar refractivity (Wildman–Crippen MR) is 114 cm³/mol. The van der Waals surface area contributed by atoms with Crippen LogP contribution in [0.3, 0.4) is 0 Å². The van der Waals surface area contributed by atoms with E-state index >= 15 is 0 Å². The Morgan fingerprint density at radius 1 is 0.833 bits per heavy atom. The van der Waals surface area contributed by atoms with Crippen LogP contribution in [0.4, 0.5) is 5.69 Å². The lowest BCUT2D eigenvalue weighted by Crippen LogP contribution is -2.24. The molecule has 6 heteroatoms. The van der Waals surface area contributed by atoms with Crippen molar-refractivity contribution in [1.82, 2.24) is 0 Å². The number of ether oxygens (including phenoxy) is 4. The number of anilines is 1.